The van der Waals surface area contributed by atoms with E-state index in [9.17, 15) is 30.3 Å². The number of ether oxygens (including phenoxy) is 4. The molecule has 10 heteroatoms. The molecule has 5 N–H and O–H groups in total. The van der Waals surface area contributed by atoms with E-state index in [2.05, 4.69) is 0 Å². The second-order valence-corrected chi connectivity index (χ2v) is 7.43. The fourth-order valence-corrected chi connectivity index (χ4v) is 4.52. The molecule has 156 valence electrons. The Morgan fingerprint density at radius 2 is 1.78 bits per heavy atom. The highest BCUT2D eigenvalue weighted by Gasteiger charge is 2.53. The van der Waals surface area contributed by atoms with Gasteiger partial charge in [0.05, 0.1) is 26.2 Å². The lowest BCUT2D eigenvalue weighted by atomic mass is 9.79. The predicted octanol–water partition coefficient (Wildman–Crippen LogP) is -2.42. The van der Waals surface area contributed by atoms with Crippen LogP contribution in [0.4, 0.5) is 0 Å². The second kappa shape index (κ2) is 8.66. The highest BCUT2D eigenvalue weighted by Crippen LogP contribution is 2.48. The molecule has 3 rings (SSSR count). The van der Waals surface area contributed by atoms with E-state index in [0.717, 1.165) is 0 Å². The van der Waals surface area contributed by atoms with Crippen molar-refractivity contribution in [2.75, 3.05) is 26.9 Å². The van der Waals surface area contributed by atoms with Gasteiger partial charge in [-0.05, 0) is 24.7 Å². The molecule has 0 amide bonds. The average Bonchev–Trinajstić information content (AvgIpc) is 3.12. The minimum atomic E-state index is -1.56. The minimum Gasteiger partial charge on any atom is -0.469 e. The number of aliphatic hydroxyl groups is 5. The van der Waals surface area contributed by atoms with E-state index in [1.54, 1.807) is 0 Å². The summed E-state index contributed by atoms with van der Waals surface area (Å²) in [6.07, 6.45) is -6.49. The topological polar surface area (TPSA) is 155 Å². The summed E-state index contributed by atoms with van der Waals surface area (Å²) in [6.45, 7) is -0.604. The van der Waals surface area contributed by atoms with E-state index in [4.69, 9.17) is 18.9 Å². The standard InChI is InChI=1S/C17H28O10/c1-24-15(23)9-6-25-16(11-7(4-18)2-3-8(9)11)27-17-14(22)13(21)12(20)10(5-19)26-17/h7-14,16-22H,2-6H2,1H3/t7-,8-,9+,10-,11-,12-,13+,14-,16+,17+/m1/s1. The first-order valence-electron chi connectivity index (χ1n) is 9.19. The van der Waals surface area contributed by atoms with E-state index in [-0.39, 0.29) is 36.9 Å². The van der Waals surface area contributed by atoms with Crippen LogP contribution in [0.3, 0.4) is 0 Å². The third-order valence-corrected chi connectivity index (χ3v) is 6.04. The summed E-state index contributed by atoms with van der Waals surface area (Å²) in [5.74, 6) is -1.43. The van der Waals surface area contributed by atoms with Gasteiger partial charge >= 0.3 is 5.97 Å². The maximum Gasteiger partial charge on any atom is 0.311 e. The third kappa shape index (κ3) is 3.85. The van der Waals surface area contributed by atoms with Gasteiger partial charge in [-0.25, -0.2) is 0 Å². The molecular formula is C17H28O10. The highest BCUT2D eigenvalue weighted by molar-refractivity contribution is 5.73. The molecule has 2 saturated heterocycles. The molecule has 3 fully saturated rings. The Morgan fingerprint density at radius 3 is 2.41 bits per heavy atom. The fourth-order valence-electron chi connectivity index (χ4n) is 4.52. The molecule has 10 atom stereocenters. The zero-order valence-corrected chi connectivity index (χ0v) is 15.1. The number of carbonyl (C=O) groups is 1. The van der Waals surface area contributed by atoms with Crippen LogP contribution >= 0.6 is 0 Å². The Balaban J connectivity index is 1.75. The molecule has 2 aliphatic heterocycles. The maximum atomic E-state index is 12.1. The largest absolute Gasteiger partial charge is 0.469 e. The summed E-state index contributed by atoms with van der Waals surface area (Å²) in [5, 5.41) is 49.0. The first-order chi connectivity index (χ1) is 12.9. The summed E-state index contributed by atoms with van der Waals surface area (Å²) < 4.78 is 21.7. The number of methoxy groups -OCH3 is 1. The monoisotopic (exact) mass is 392 g/mol. The quantitative estimate of drug-likeness (QED) is 0.319. The van der Waals surface area contributed by atoms with Crippen LogP contribution in [-0.2, 0) is 23.7 Å². The van der Waals surface area contributed by atoms with Crippen LogP contribution < -0.4 is 0 Å². The van der Waals surface area contributed by atoms with Crippen molar-refractivity contribution in [2.24, 2.45) is 23.7 Å². The summed E-state index contributed by atoms with van der Waals surface area (Å²) in [6, 6.07) is 0. The minimum absolute atomic E-state index is 0.0636. The van der Waals surface area contributed by atoms with E-state index in [1.807, 2.05) is 0 Å². The van der Waals surface area contributed by atoms with Crippen LogP contribution in [0, 0.1) is 23.7 Å². The van der Waals surface area contributed by atoms with Crippen LogP contribution in [0.5, 0.6) is 0 Å². The molecule has 3 aliphatic rings. The predicted molar refractivity (Wildman–Crippen MR) is 86.9 cm³/mol. The number of aliphatic hydroxyl groups excluding tert-OH is 5. The van der Waals surface area contributed by atoms with Crippen molar-refractivity contribution in [1.82, 2.24) is 0 Å². The fraction of sp³-hybridized carbons (Fsp3) is 0.941. The van der Waals surface area contributed by atoms with Crippen molar-refractivity contribution in [2.45, 2.75) is 49.8 Å². The average molecular weight is 392 g/mol. The number of hydrogen-bond donors (Lipinski definition) is 5. The number of hydrogen-bond acceptors (Lipinski definition) is 10. The number of fused-ring (bicyclic) bond motifs is 1. The molecule has 1 saturated carbocycles. The zero-order chi connectivity index (χ0) is 19.7. The van der Waals surface area contributed by atoms with Crippen molar-refractivity contribution >= 4 is 5.97 Å². The van der Waals surface area contributed by atoms with Crippen molar-refractivity contribution in [3.8, 4) is 0 Å². The van der Waals surface area contributed by atoms with Gasteiger partial charge in [0.2, 0.25) is 0 Å². The van der Waals surface area contributed by atoms with Crippen LogP contribution in [0.1, 0.15) is 12.8 Å². The molecule has 0 aromatic heterocycles. The Hall–Kier alpha value is -0.850. The molecule has 0 aromatic carbocycles. The van der Waals surface area contributed by atoms with Crippen molar-refractivity contribution < 1.29 is 49.3 Å². The van der Waals surface area contributed by atoms with Gasteiger partial charge in [0.25, 0.3) is 0 Å². The van der Waals surface area contributed by atoms with Crippen LogP contribution in [0.25, 0.3) is 0 Å². The van der Waals surface area contributed by atoms with Gasteiger partial charge in [0, 0.05) is 12.5 Å². The molecule has 0 aromatic rings. The Kier molecular flexibility index (Phi) is 6.70. The maximum absolute atomic E-state index is 12.1. The SMILES string of the molecule is COC(=O)[C@H]1CO[C@@H](O[C@@H]2O[C@H](CO)[C@@H](O)[C@H](O)[C@H]2O)[C@@H]2[C@@H](CO)CC[C@@H]21. The molecular weight excluding hydrogens is 364 g/mol. The molecule has 0 radical (unpaired) electrons. The lowest BCUT2D eigenvalue weighted by molar-refractivity contribution is -0.355. The molecule has 0 unspecified atom stereocenters. The zero-order valence-electron chi connectivity index (χ0n) is 15.1. The first kappa shape index (κ1) is 20.9. The molecule has 0 bridgehead atoms. The third-order valence-electron chi connectivity index (χ3n) is 6.04. The lowest BCUT2D eigenvalue weighted by Gasteiger charge is -2.44. The van der Waals surface area contributed by atoms with Crippen LogP contribution in [0.15, 0.2) is 0 Å². The van der Waals surface area contributed by atoms with Crippen molar-refractivity contribution in [3.05, 3.63) is 0 Å². The van der Waals surface area contributed by atoms with Gasteiger partial charge in [0.1, 0.15) is 24.4 Å². The van der Waals surface area contributed by atoms with E-state index in [0.29, 0.717) is 12.8 Å². The second-order valence-electron chi connectivity index (χ2n) is 7.43. The van der Waals surface area contributed by atoms with Crippen molar-refractivity contribution in [1.29, 1.82) is 0 Å². The van der Waals surface area contributed by atoms with Gasteiger partial charge in [-0.1, -0.05) is 0 Å². The summed E-state index contributed by atoms with van der Waals surface area (Å²) in [4.78, 5) is 12.1. The summed E-state index contributed by atoms with van der Waals surface area (Å²) in [5.41, 5.74) is 0. The van der Waals surface area contributed by atoms with Crippen LogP contribution in [0.2, 0.25) is 0 Å². The molecule has 1 aliphatic carbocycles. The van der Waals surface area contributed by atoms with Crippen molar-refractivity contribution in [3.63, 3.8) is 0 Å². The number of esters is 1. The number of rotatable bonds is 5. The molecule has 2 heterocycles. The van der Waals surface area contributed by atoms with Gasteiger partial charge < -0.3 is 44.5 Å². The van der Waals surface area contributed by atoms with E-state index in [1.165, 1.54) is 7.11 Å². The Labute approximate surface area is 156 Å². The normalized spacial score (nSPS) is 47.5. The number of carbonyl (C=O) groups excluding carboxylic acids is 1. The van der Waals surface area contributed by atoms with Gasteiger partial charge in [-0.2, -0.15) is 0 Å². The van der Waals surface area contributed by atoms with E-state index < -0.39 is 49.5 Å². The molecule has 27 heavy (non-hydrogen) atoms. The van der Waals surface area contributed by atoms with E-state index >= 15 is 0 Å². The smallest absolute Gasteiger partial charge is 0.311 e. The van der Waals surface area contributed by atoms with Gasteiger partial charge in [0.15, 0.2) is 12.6 Å². The first-order valence-corrected chi connectivity index (χ1v) is 9.19. The summed E-state index contributed by atoms with van der Waals surface area (Å²) >= 11 is 0. The summed E-state index contributed by atoms with van der Waals surface area (Å²) in [7, 11) is 1.31. The molecule has 0 spiro atoms. The van der Waals surface area contributed by atoms with Gasteiger partial charge in [-0.3, -0.25) is 4.79 Å². The van der Waals surface area contributed by atoms with Crippen LogP contribution in [-0.4, -0.2) is 95.4 Å². The lowest BCUT2D eigenvalue weighted by Crippen LogP contribution is -2.60. The molecule has 10 nitrogen and oxygen atoms in total. The Bertz CT molecular complexity index is 514. The highest BCUT2D eigenvalue weighted by atomic mass is 16.8. The van der Waals surface area contributed by atoms with Gasteiger partial charge in [-0.15, -0.1) is 0 Å². The Morgan fingerprint density at radius 1 is 1.04 bits per heavy atom.